The Morgan fingerprint density at radius 2 is 1.59 bits per heavy atom. The molecule has 0 N–H and O–H groups in total. The first kappa shape index (κ1) is 24.9. The number of carbonyl (C=O) groups excluding carboxylic acids is 2. The molecule has 1 aromatic rings. The Balaban J connectivity index is 1.53. The number of nitrogens with zero attached hydrogens (tertiary/aromatic N) is 2. The lowest BCUT2D eigenvalue weighted by Crippen LogP contribution is -2.53. The number of amides is 2. The molecule has 1 spiro atoms. The van der Waals surface area contributed by atoms with Gasteiger partial charge in [-0.3, -0.25) is 9.59 Å². The second kappa shape index (κ2) is 10.9. The third kappa shape index (κ3) is 6.00. The van der Waals surface area contributed by atoms with Crippen LogP contribution in [0.4, 0.5) is 13.2 Å². The lowest BCUT2D eigenvalue weighted by Gasteiger charge is -2.44. The lowest BCUT2D eigenvalue weighted by atomic mass is 10.00. The van der Waals surface area contributed by atoms with E-state index in [4.69, 9.17) is 0 Å². The van der Waals surface area contributed by atoms with Gasteiger partial charge in [-0.05, 0) is 43.5 Å². The van der Waals surface area contributed by atoms with Gasteiger partial charge in [0.2, 0.25) is 5.91 Å². The summed E-state index contributed by atoms with van der Waals surface area (Å²) in [5.74, 6) is 0.771. The van der Waals surface area contributed by atoms with Crippen molar-refractivity contribution in [2.75, 3.05) is 25.4 Å². The van der Waals surface area contributed by atoms with E-state index in [-0.39, 0.29) is 22.2 Å². The molecular weight excluding hydrogens is 437 g/mol. The predicted molar refractivity (Wildman–Crippen MR) is 121 cm³/mol. The minimum atomic E-state index is -4.42. The number of unbranched alkanes of at least 4 members (excludes halogenated alkanes) is 5. The highest BCUT2D eigenvalue weighted by molar-refractivity contribution is 8.00. The molecule has 0 aromatic heterocycles. The molecule has 2 amide bonds. The van der Waals surface area contributed by atoms with Crippen molar-refractivity contribution in [3.63, 3.8) is 0 Å². The summed E-state index contributed by atoms with van der Waals surface area (Å²) in [7, 11) is 0. The molecule has 0 radical (unpaired) electrons. The van der Waals surface area contributed by atoms with Gasteiger partial charge in [-0.15, -0.1) is 11.8 Å². The largest absolute Gasteiger partial charge is 0.416 e. The van der Waals surface area contributed by atoms with Crippen molar-refractivity contribution >= 4 is 23.6 Å². The molecule has 8 heteroatoms. The Bertz CT molecular complexity index is 774. The number of hydrogen-bond donors (Lipinski definition) is 0. The molecule has 0 bridgehead atoms. The summed E-state index contributed by atoms with van der Waals surface area (Å²) in [6.45, 7) is 4.01. The van der Waals surface area contributed by atoms with Crippen molar-refractivity contribution < 1.29 is 22.8 Å². The van der Waals surface area contributed by atoms with Crippen LogP contribution in [0.25, 0.3) is 0 Å². The van der Waals surface area contributed by atoms with Gasteiger partial charge >= 0.3 is 6.18 Å². The van der Waals surface area contributed by atoms with Crippen molar-refractivity contribution in [2.45, 2.75) is 75.8 Å². The number of hydrogen-bond acceptors (Lipinski definition) is 3. The van der Waals surface area contributed by atoms with E-state index in [9.17, 15) is 22.8 Å². The number of benzene rings is 1. The minimum Gasteiger partial charge on any atom is -0.342 e. The summed E-state index contributed by atoms with van der Waals surface area (Å²) in [6.07, 6.45) is 4.47. The van der Waals surface area contributed by atoms with E-state index in [0.29, 0.717) is 38.9 Å². The second-order valence-corrected chi connectivity index (χ2v) is 10.2. The molecule has 1 aromatic carbocycles. The molecule has 0 saturated carbocycles. The van der Waals surface area contributed by atoms with Crippen molar-refractivity contribution in [3.05, 3.63) is 35.4 Å². The number of piperidine rings is 1. The Hall–Kier alpha value is -1.70. The molecule has 0 aliphatic carbocycles. The average molecular weight is 471 g/mol. The zero-order chi connectivity index (χ0) is 23.2. The van der Waals surface area contributed by atoms with E-state index >= 15 is 0 Å². The van der Waals surface area contributed by atoms with Gasteiger partial charge < -0.3 is 9.80 Å². The highest BCUT2D eigenvalue weighted by atomic mass is 32.2. The highest BCUT2D eigenvalue weighted by Crippen LogP contribution is 2.44. The van der Waals surface area contributed by atoms with E-state index in [1.165, 1.54) is 37.8 Å². The third-order valence-electron chi connectivity index (χ3n) is 6.52. The van der Waals surface area contributed by atoms with E-state index in [0.717, 1.165) is 30.7 Å². The summed E-state index contributed by atoms with van der Waals surface area (Å²) in [6, 6.07) is 4.46. The number of rotatable bonds is 8. The van der Waals surface area contributed by atoms with Crippen molar-refractivity contribution in [1.82, 2.24) is 9.80 Å². The van der Waals surface area contributed by atoms with Gasteiger partial charge in [0.05, 0.1) is 10.4 Å². The van der Waals surface area contributed by atoms with Crippen LogP contribution < -0.4 is 0 Å². The highest BCUT2D eigenvalue weighted by Gasteiger charge is 2.47. The summed E-state index contributed by atoms with van der Waals surface area (Å²) in [5, 5.41) is 0. The van der Waals surface area contributed by atoms with Crippen LogP contribution in [0.2, 0.25) is 0 Å². The molecule has 32 heavy (non-hydrogen) atoms. The maximum atomic E-state index is 13.1. The Labute approximate surface area is 192 Å². The molecule has 0 unspecified atom stereocenters. The molecule has 178 valence electrons. The van der Waals surface area contributed by atoms with Crippen LogP contribution in [0.3, 0.4) is 0 Å². The summed E-state index contributed by atoms with van der Waals surface area (Å²) in [5.41, 5.74) is -0.474. The zero-order valence-electron chi connectivity index (χ0n) is 18.8. The fourth-order valence-electron chi connectivity index (χ4n) is 4.59. The van der Waals surface area contributed by atoms with Gasteiger partial charge in [-0.1, -0.05) is 39.0 Å². The van der Waals surface area contributed by atoms with E-state index < -0.39 is 11.7 Å². The molecular formula is C24H33F3N2O2S. The molecule has 2 fully saturated rings. The van der Waals surface area contributed by atoms with Crippen LogP contribution in [0.15, 0.2) is 24.3 Å². The van der Waals surface area contributed by atoms with Crippen molar-refractivity contribution in [3.8, 4) is 0 Å². The van der Waals surface area contributed by atoms with Crippen LogP contribution in [-0.2, 0) is 11.0 Å². The maximum absolute atomic E-state index is 13.1. The quantitative estimate of drug-likeness (QED) is 0.440. The fourth-order valence-corrected chi connectivity index (χ4v) is 6.04. The first-order chi connectivity index (χ1) is 15.3. The summed E-state index contributed by atoms with van der Waals surface area (Å²) < 4.78 is 38.5. The molecule has 4 nitrogen and oxygen atoms in total. The summed E-state index contributed by atoms with van der Waals surface area (Å²) >= 11 is 1.73. The van der Waals surface area contributed by atoms with Crippen LogP contribution in [0, 0.1) is 0 Å². The van der Waals surface area contributed by atoms with E-state index in [1.54, 1.807) is 11.8 Å². The zero-order valence-corrected chi connectivity index (χ0v) is 19.6. The van der Waals surface area contributed by atoms with Gasteiger partial charge in [0, 0.05) is 37.4 Å². The average Bonchev–Trinajstić information content (AvgIpc) is 3.18. The van der Waals surface area contributed by atoms with Crippen LogP contribution in [0.1, 0.15) is 80.6 Å². The second-order valence-electron chi connectivity index (χ2n) is 8.73. The van der Waals surface area contributed by atoms with Gasteiger partial charge in [0.1, 0.15) is 0 Å². The SMILES string of the molecule is CCCCCCCCC(=O)N1CCC2(CC1)SCCN2C(=O)c1ccc(C(F)(F)F)cc1. The number of halogens is 3. The molecule has 2 heterocycles. The Morgan fingerprint density at radius 1 is 0.969 bits per heavy atom. The smallest absolute Gasteiger partial charge is 0.342 e. The van der Waals surface area contributed by atoms with Gasteiger partial charge in [0.15, 0.2) is 0 Å². The van der Waals surface area contributed by atoms with Gasteiger partial charge in [0.25, 0.3) is 5.91 Å². The predicted octanol–water partition coefficient (Wildman–Crippen LogP) is 5.96. The van der Waals surface area contributed by atoms with Gasteiger partial charge in [-0.25, -0.2) is 0 Å². The molecule has 3 rings (SSSR count). The monoisotopic (exact) mass is 470 g/mol. The lowest BCUT2D eigenvalue weighted by molar-refractivity contribution is -0.137. The fraction of sp³-hybridized carbons (Fsp3) is 0.667. The van der Waals surface area contributed by atoms with Crippen LogP contribution in [-0.4, -0.2) is 51.9 Å². The normalized spacial score (nSPS) is 18.4. The summed E-state index contributed by atoms with van der Waals surface area (Å²) in [4.78, 5) is 29.0. The Kier molecular flexibility index (Phi) is 8.53. The number of likely N-dealkylation sites (tertiary alicyclic amines) is 1. The van der Waals surface area contributed by atoms with E-state index in [1.807, 2.05) is 9.80 Å². The number of thioether (sulfide) groups is 1. The first-order valence-corrected chi connectivity index (χ1v) is 12.7. The van der Waals surface area contributed by atoms with Crippen LogP contribution in [0.5, 0.6) is 0 Å². The molecule has 2 aliphatic rings. The molecule has 2 aliphatic heterocycles. The molecule has 2 saturated heterocycles. The van der Waals surface area contributed by atoms with Crippen molar-refractivity contribution in [2.24, 2.45) is 0 Å². The molecule has 0 atom stereocenters. The Morgan fingerprint density at radius 3 is 2.22 bits per heavy atom. The first-order valence-electron chi connectivity index (χ1n) is 11.7. The number of carbonyl (C=O) groups is 2. The van der Waals surface area contributed by atoms with Crippen LogP contribution >= 0.6 is 11.8 Å². The van der Waals surface area contributed by atoms with Crippen molar-refractivity contribution in [1.29, 1.82) is 0 Å². The maximum Gasteiger partial charge on any atom is 0.416 e. The standard InChI is InChI=1S/C24H33F3N2O2S/c1-2-3-4-5-6-7-8-21(30)28-15-13-23(14-16-28)29(17-18-32-23)22(31)19-9-11-20(12-10-19)24(25,26)27/h9-12H,2-8,13-18H2,1H3. The third-order valence-corrected chi connectivity index (χ3v) is 8.08. The number of alkyl halides is 3. The van der Waals surface area contributed by atoms with E-state index in [2.05, 4.69) is 6.92 Å². The topological polar surface area (TPSA) is 40.6 Å². The minimum absolute atomic E-state index is 0.193. The van der Waals surface area contributed by atoms with Gasteiger partial charge in [-0.2, -0.15) is 13.2 Å².